The Labute approximate surface area is 96.8 Å². The van der Waals surface area contributed by atoms with Gasteiger partial charge < -0.3 is 15.4 Å². The SMILES string of the molecule is CC(=O)Nc1ccc(C(=O)NC2COC2)s1. The molecular formula is C10H12N2O3S. The highest BCUT2D eigenvalue weighted by molar-refractivity contribution is 7.18. The maximum absolute atomic E-state index is 11.7. The molecule has 1 fully saturated rings. The van der Waals surface area contributed by atoms with Crippen LogP contribution in [0.1, 0.15) is 16.6 Å². The number of carbonyl (C=O) groups is 2. The van der Waals surface area contributed by atoms with Gasteiger partial charge >= 0.3 is 0 Å². The molecule has 2 N–H and O–H groups in total. The molecule has 1 aromatic heterocycles. The number of ether oxygens (including phenoxy) is 1. The van der Waals surface area contributed by atoms with Gasteiger partial charge in [-0.1, -0.05) is 0 Å². The van der Waals surface area contributed by atoms with Crippen LogP contribution in [0.15, 0.2) is 12.1 Å². The van der Waals surface area contributed by atoms with Gasteiger partial charge in [-0.15, -0.1) is 11.3 Å². The molecule has 1 aliphatic heterocycles. The summed E-state index contributed by atoms with van der Waals surface area (Å²) in [7, 11) is 0. The number of thiophene rings is 1. The van der Waals surface area contributed by atoms with Gasteiger partial charge in [-0.25, -0.2) is 0 Å². The summed E-state index contributed by atoms with van der Waals surface area (Å²) in [4.78, 5) is 23.1. The number of hydrogen-bond acceptors (Lipinski definition) is 4. The number of rotatable bonds is 3. The highest BCUT2D eigenvalue weighted by Gasteiger charge is 2.21. The lowest BCUT2D eigenvalue weighted by molar-refractivity contribution is -0.114. The second-order valence-corrected chi connectivity index (χ2v) is 4.64. The Hall–Kier alpha value is -1.40. The van der Waals surface area contributed by atoms with Gasteiger partial charge in [0.1, 0.15) is 0 Å². The van der Waals surface area contributed by atoms with Crippen molar-refractivity contribution < 1.29 is 14.3 Å². The normalized spacial score (nSPS) is 15.3. The third-order valence-corrected chi connectivity index (χ3v) is 3.10. The predicted molar refractivity (Wildman–Crippen MR) is 60.7 cm³/mol. The molecule has 1 aromatic rings. The molecule has 0 unspecified atom stereocenters. The van der Waals surface area contributed by atoms with E-state index in [1.165, 1.54) is 18.3 Å². The third kappa shape index (κ3) is 2.59. The molecule has 2 amide bonds. The lowest BCUT2D eigenvalue weighted by Crippen LogP contribution is -2.48. The molecule has 0 atom stereocenters. The molecule has 0 aromatic carbocycles. The quantitative estimate of drug-likeness (QED) is 0.822. The third-order valence-electron chi connectivity index (χ3n) is 2.10. The summed E-state index contributed by atoms with van der Waals surface area (Å²) in [5.41, 5.74) is 0. The zero-order chi connectivity index (χ0) is 11.5. The number of nitrogens with one attached hydrogen (secondary N) is 2. The Morgan fingerprint density at radius 1 is 1.44 bits per heavy atom. The van der Waals surface area contributed by atoms with Crippen LogP contribution in [-0.2, 0) is 9.53 Å². The Balaban J connectivity index is 1.94. The summed E-state index contributed by atoms with van der Waals surface area (Å²) < 4.78 is 4.96. The van der Waals surface area contributed by atoms with Crippen LogP contribution in [0.4, 0.5) is 5.00 Å². The fourth-order valence-corrected chi connectivity index (χ4v) is 2.13. The number of hydrogen-bond donors (Lipinski definition) is 2. The van der Waals surface area contributed by atoms with Crippen LogP contribution in [0.25, 0.3) is 0 Å². The van der Waals surface area contributed by atoms with Crippen LogP contribution in [0.3, 0.4) is 0 Å². The first kappa shape index (κ1) is 11.1. The summed E-state index contributed by atoms with van der Waals surface area (Å²) in [6, 6.07) is 3.54. The highest BCUT2D eigenvalue weighted by Crippen LogP contribution is 2.21. The van der Waals surface area contributed by atoms with Gasteiger partial charge in [0, 0.05) is 6.92 Å². The average Bonchev–Trinajstić information content (AvgIpc) is 2.58. The number of carbonyl (C=O) groups excluding carboxylic acids is 2. The van der Waals surface area contributed by atoms with Crippen LogP contribution in [0.2, 0.25) is 0 Å². The summed E-state index contributed by atoms with van der Waals surface area (Å²) in [5.74, 6) is -0.254. The van der Waals surface area contributed by atoms with Crippen molar-refractivity contribution in [3.05, 3.63) is 17.0 Å². The van der Waals surface area contributed by atoms with Crippen molar-refractivity contribution in [2.45, 2.75) is 13.0 Å². The Morgan fingerprint density at radius 3 is 2.75 bits per heavy atom. The minimum Gasteiger partial charge on any atom is -0.377 e. The van der Waals surface area contributed by atoms with Gasteiger partial charge in [-0.2, -0.15) is 0 Å². The molecule has 2 rings (SSSR count). The van der Waals surface area contributed by atoms with E-state index in [4.69, 9.17) is 4.74 Å². The number of anilines is 1. The summed E-state index contributed by atoms with van der Waals surface area (Å²) in [6.07, 6.45) is 0. The topological polar surface area (TPSA) is 67.4 Å². The lowest BCUT2D eigenvalue weighted by Gasteiger charge is -2.26. The second-order valence-electron chi connectivity index (χ2n) is 3.55. The zero-order valence-corrected chi connectivity index (χ0v) is 9.60. The van der Waals surface area contributed by atoms with E-state index in [0.29, 0.717) is 23.1 Å². The molecule has 0 spiro atoms. The fourth-order valence-electron chi connectivity index (χ4n) is 1.28. The monoisotopic (exact) mass is 240 g/mol. The van der Waals surface area contributed by atoms with E-state index in [0.717, 1.165) is 0 Å². The average molecular weight is 240 g/mol. The van der Waals surface area contributed by atoms with Crippen molar-refractivity contribution in [1.29, 1.82) is 0 Å². The van der Waals surface area contributed by atoms with Crippen LogP contribution in [-0.4, -0.2) is 31.1 Å². The van der Waals surface area contributed by atoms with Crippen LogP contribution >= 0.6 is 11.3 Å². The molecule has 0 radical (unpaired) electrons. The first-order valence-corrected chi connectivity index (χ1v) is 5.73. The number of amides is 2. The van der Waals surface area contributed by atoms with Crippen molar-refractivity contribution in [3.8, 4) is 0 Å². The van der Waals surface area contributed by atoms with Gasteiger partial charge in [0.05, 0.1) is 29.1 Å². The summed E-state index contributed by atoms with van der Waals surface area (Å²) in [6.45, 7) is 2.59. The van der Waals surface area contributed by atoms with Gasteiger partial charge in [0.15, 0.2) is 0 Å². The highest BCUT2D eigenvalue weighted by atomic mass is 32.1. The van der Waals surface area contributed by atoms with Gasteiger partial charge in [0.25, 0.3) is 5.91 Å². The van der Waals surface area contributed by atoms with E-state index in [1.54, 1.807) is 12.1 Å². The van der Waals surface area contributed by atoms with Gasteiger partial charge in [0.2, 0.25) is 5.91 Å². The van der Waals surface area contributed by atoms with E-state index >= 15 is 0 Å². The molecule has 86 valence electrons. The first-order chi connectivity index (χ1) is 7.65. The smallest absolute Gasteiger partial charge is 0.261 e. The molecule has 16 heavy (non-hydrogen) atoms. The van der Waals surface area contributed by atoms with E-state index in [2.05, 4.69) is 10.6 Å². The van der Waals surface area contributed by atoms with E-state index in [9.17, 15) is 9.59 Å². The summed E-state index contributed by atoms with van der Waals surface area (Å²) in [5, 5.41) is 6.15. The molecule has 0 saturated carbocycles. The van der Waals surface area contributed by atoms with Crippen LogP contribution < -0.4 is 10.6 Å². The molecule has 0 bridgehead atoms. The van der Waals surface area contributed by atoms with E-state index in [1.807, 2.05) is 0 Å². The summed E-state index contributed by atoms with van der Waals surface area (Å²) >= 11 is 1.26. The molecule has 6 heteroatoms. The Morgan fingerprint density at radius 2 is 2.19 bits per heavy atom. The standard InChI is InChI=1S/C10H12N2O3S/c1-6(13)11-9-3-2-8(16-9)10(14)12-7-4-15-5-7/h2-3,7H,4-5H2,1H3,(H,11,13)(H,12,14). The second kappa shape index (κ2) is 4.63. The predicted octanol–water partition coefficient (Wildman–Crippen LogP) is 0.835. The van der Waals surface area contributed by atoms with Gasteiger partial charge in [-0.05, 0) is 12.1 Å². The van der Waals surface area contributed by atoms with Crippen LogP contribution in [0, 0.1) is 0 Å². The molecule has 2 heterocycles. The fraction of sp³-hybridized carbons (Fsp3) is 0.400. The molecule has 0 aliphatic carbocycles. The van der Waals surface area contributed by atoms with Crippen molar-refractivity contribution >= 4 is 28.2 Å². The molecule has 1 aliphatic rings. The van der Waals surface area contributed by atoms with Crippen molar-refractivity contribution in [2.24, 2.45) is 0 Å². The van der Waals surface area contributed by atoms with Crippen molar-refractivity contribution in [3.63, 3.8) is 0 Å². The van der Waals surface area contributed by atoms with E-state index < -0.39 is 0 Å². The minimum absolute atomic E-state index is 0.116. The van der Waals surface area contributed by atoms with E-state index in [-0.39, 0.29) is 17.9 Å². The maximum atomic E-state index is 11.7. The Bertz CT molecular complexity index is 412. The van der Waals surface area contributed by atoms with Crippen LogP contribution in [0.5, 0.6) is 0 Å². The van der Waals surface area contributed by atoms with Crippen molar-refractivity contribution in [2.75, 3.05) is 18.5 Å². The lowest BCUT2D eigenvalue weighted by atomic mass is 10.2. The first-order valence-electron chi connectivity index (χ1n) is 4.91. The molecule has 5 nitrogen and oxygen atoms in total. The molecular weight excluding hydrogens is 228 g/mol. The van der Waals surface area contributed by atoms with Crippen molar-refractivity contribution in [1.82, 2.24) is 5.32 Å². The molecule has 1 saturated heterocycles. The minimum atomic E-state index is -0.138. The largest absolute Gasteiger partial charge is 0.377 e. The van der Waals surface area contributed by atoms with Gasteiger partial charge in [-0.3, -0.25) is 9.59 Å². The maximum Gasteiger partial charge on any atom is 0.261 e. The Kier molecular flexibility index (Phi) is 3.21. The zero-order valence-electron chi connectivity index (χ0n) is 8.78.